The smallest absolute Gasteiger partial charge is 0.225 e. The number of anilines is 1. The molecule has 1 aromatic heterocycles. The molecule has 6 nitrogen and oxygen atoms in total. The highest BCUT2D eigenvalue weighted by atomic mass is 16.5. The maximum Gasteiger partial charge on any atom is 0.225 e. The Morgan fingerprint density at radius 2 is 2.00 bits per heavy atom. The Labute approximate surface area is 154 Å². The number of carbonyl (C=O) groups is 1. The number of carbonyl (C=O) groups excluding carboxylic acids is 1. The molecule has 1 aromatic carbocycles. The number of amides is 1. The topological polar surface area (TPSA) is 76.2 Å². The number of rotatable bonds is 6. The van der Waals surface area contributed by atoms with Gasteiger partial charge in [0.1, 0.15) is 17.2 Å². The molecule has 1 aliphatic carbocycles. The number of nitrogens with one attached hydrogen (secondary N) is 2. The van der Waals surface area contributed by atoms with Crippen molar-refractivity contribution < 1.29 is 14.3 Å². The zero-order valence-electron chi connectivity index (χ0n) is 16.1. The van der Waals surface area contributed by atoms with E-state index in [1.807, 2.05) is 18.2 Å². The van der Waals surface area contributed by atoms with Crippen LogP contribution in [0, 0.1) is 5.41 Å². The van der Waals surface area contributed by atoms with Gasteiger partial charge in [0.2, 0.25) is 5.91 Å². The number of methoxy groups -OCH3 is 2. The van der Waals surface area contributed by atoms with E-state index < -0.39 is 0 Å². The minimum Gasteiger partial charge on any atom is -0.497 e. The van der Waals surface area contributed by atoms with E-state index in [9.17, 15) is 4.79 Å². The van der Waals surface area contributed by atoms with E-state index in [0.717, 1.165) is 29.8 Å². The summed E-state index contributed by atoms with van der Waals surface area (Å²) in [5.74, 6) is 1.80. The summed E-state index contributed by atoms with van der Waals surface area (Å²) >= 11 is 0. The lowest BCUT2D eigenvalue weighted by atomic mass is 9.92. The highest BCUT2D eigenvalue weighted by Gasteiger charge is 2.32. The van der Waals surface area contributed by atoms with Crippen molar-refractivity contribution in [1.82, 2.24) is 10.2 Å². The third-order valence-electron chi connectivity index (χ3n) is 4.40. The van der Waals surface area contributed by atoms with Crippen molar-refractivity contribution >= 4 is 11.6 Å². The van der Waals surface area contributed by atoms with Crippen LogP contribution in [0.15, 0.2) is 18.2 Å². The van der Waals surface area contributed by atoms with Crippen LogP contribution in [0.25, 0.3) is 11.3 Å². The fourth-order valence-corrected chi connectivity index (χ4v) is 3.00. The van der Waals surface area contributed by atoms with E-state index in [4.69, 9.17) is 9.47 Å². The van der Waals surface area contributed by atoms with Gasteiger partial charge in [-0.3, -0.25) is 9.89 Å². The Kier molecular flexibility index (Phi) is 4.94. The average Bonchev–Trinajstić information content (AvgIpc) is 3.34. The van der Waals surface area contributed by atoms with E-state index in [2.05, 4.69) is 36.3 Å². The van der Waals surface area contributed by atoms with Gasteiger partial charge in [-0.25, -0.2) is 0 Å². The maximum atomic E-state index is 12.6. The van der Waals surface area contributed by atoms with Crippen molar-refractivity contribution in [3.63, 3.8) is 0 Å². The van der Waals surface area contributed by atoms with Crippen LogP contribution >= 0.6 is 0 Å². The molecular weight excluding hydrogens is 330 g/mol. The summed E-state index contributed by atoms with van der Waals surface area (Å²) in [6.07, 6.45) is 2.68. The van der Waals surface area contributed by atoms with Crippen molar-refractivity contribution in [3.05, 3.63) is 23.9 Å². The molecule has 1 fully saturated rings. The molecule has 2 N–H and O–H groups in total. The standard InChI is InChI=1S/C20H27N3O3/c1-20(2,3)11-16(24)21-19-17(12-6-7-12)22-23-18(19)14-9-8-13(25-4)10-15(14)26-5/h8-10,12H,6-7,11H2,1-5H3,(H,21,24)(H,22,23). The minimum absolute atomic E-state index is 0.00507. The van der Waals surface area contributed by atoms with Gasteiger partial charge in [0, 0.05) is 24.0 Å². The quantitative estimate of drug-likeness (QED) is 0.806. The van der Waals surface area contributed by atoms with E-state index in [0.29, 0.717) is 29.5 Å². The number of ether oxygens (including phenoxy) is 2. The average molecular weight is 357 g/mol. The second kappa shape index (κ2) is 7.02. The second-order valence-electron chi connectivity index (χ2n) is 7.99. The van der Waals surface area contributed by atoms with Crippen molar-refractivity contribution in [3.8, 4) is 22.8 Å². The molecule has 0 saturated heterocycles. The van der Waals surface area contributed by atoms with Gasteiger partial charge >= 0.3 is 0 Å². The number of aromatic amines is 1. The molecule has 1 aliphatic rings. The van der Waals surface area contributed by atoms with Gasteiger partial charge in [-0.05, 0) is 30.4 Å². The Bertz CT molecular complexity index is 801. The van der Waals surface area contributed by atoms with Crippen molar-refractivity contribution in [2.24, 2.45) is 5.41 Å². The first-order valence-corrected chi connectivity index (χ1v) is 8.93. The Hall–Kier alpha value is -2.50. The number of nitrogens with zero attached hydrogens (tertiary/aromatic N) is 1. The van der Waals surface area contributed by atoms with Gasteiger partial charge in [0.25, 0.3) is 0 Å². The van der Waals surface area contributed by atoms with Crippen LogP contribution in [-0.4, -0.2) is 30.3 Å². The first kappa shape index (κ1) is 18.3. The summed E-state index contributed by atoms with van der Waals surface area (Å²) in [4.78, 5) is 12.6. The molecule has 0 aliphatic heterocycles. The van der Waals surface area contributed by atoms with Gasteiger partial charge in [0.15, 0.2) is 0 Å². The van der Waals surface area contributed by atoms with Crippen molar-refractivity contribution in [1.29, 1.82) is 0 Å². The number of H-pyrrole nitrogens is 1. The molecule has 3 rings (SSSR count). The van der Waals surface area contributed by atoms with Gasteiger partial charge < -0.3 is 14.8 Å². The predicted molar refractivity (Wildman–Crippen MR) is 102 cm³/mol. The largest absolute Gasteiger partial charge is 0.497 e. The van der Waals surface area contributed by atoms with Crippen LogP contribution < -0.4 is 14.8 Å². The molecule has 1 amide bonds. The van der Waals surface area contributed by atoms with Crippen LogP contribution in [0.1, 0.15) is 51.6 Å². The maximum absolute atomic E-state index is 12.6. The van der Waals surface area contributed by atoms with E-state index >= 15 is 0 Å². The monoisotopic (exact) mass is 357 g/mol. The summed E-state index contributed by atoms with van der Waals surface area (Å²) in [5.41, 5.74) is 3.22. The molecule has 0 atom stereocenters. The summed E-state index contributed by atoms with van der Waals surface area (Å²) in [6.45, 7) is 6.16. The third-order valence-corrected chi connectivity index (χ3v) is 4.40. The lowest BCUT2D eigenvalue weighted by Crippen LogP contribution is -2.20. The molecule has 0 bridgehead atoms. The molecule has 6 heteroatoms. The zero-order valence-corrected chi connectivity index (χ0v) is 16.1. The van der Waals surface area contributed by atoms with Crippen molar-refractivity contribution in [2.45, 2.75) is 46.0 Å². The minimum atomic E-state index is -0.0778. The Balaban J connectivity index is 1.99. The molecule has 2 aromatic rings. The van der Waals surface area contributed by atoms with Gasteiger partial charge in [-0.15, -0.1) is 0 Å². The van der Waals surface area contributed by atoms with Crippen LogP contribution in [-0.2, 0) is 4.79 Å². The molecule has 0 radical (unpaired) electrons. The fourth-order valence-electron chi connectivity index (χ4n) is 3.00. The molecule has 0 unspecified atom stereocenters. The van der Waals surface area contributed by atoms with E-state index in [1.165, 1.54) is 0 Å². The lowest BCUT2D eigenvalue weighted by Gasteiger charge is -2.18. The van der Waals surface area contributed by atoms with Crippen LogP contribution in [0.4, 0.5) is 5.69 Å². The van der Waals surface area contributed by atoms with Gasteiger partial charge in [0.05, 0.1) is 25.6 Å². The van der Waals surface area contributed by atoms with Crippen LogP contribution in [0.3, 0.4) is 0 Å². The van der Waals surface area contributed by atoms with E-state index in [1.54, 1.807) is 14.2 Å². The van der Waals surface area contributed by atoms with Crippen LogP contribution in [0.5, 0.6) is 11.5 Å². The fraction of sp³-hybridized carbons (Fsp3) is 0.500. The molecular formula is C20H27N3O3. The molecule has 26 heavy (non-hydrogen) atoms. The summed E-state index contributed by atoms with van der Waals surface area (Å²) in [7, 11) is 3.23. The number of hydrogen-bond acceptors (Lipinski definition) is 4. The SMILES string of the molecule is COc1ccc(-c2n[nH]c(C3CC3)c2NC(=O)CC(C)(C)C)c(OC)c1. The summed E-state index contributed by atoms with van der Waals surface area (Å²) < 4.78 is 10.8. The first-order chi connectivity index (χ1) is 12.3. The highest BCUT2D eigenvalue weighted by Crippen LogP contribution is 2.46. The number of benzene rings is 1. The predicted octanol–water partition coefficient (Wildman–Crippen LogP) is 4.35. The summed E-state index contributed by atoms with van der Waals surface area (Å²) in [5, 5.41) is 10.7. The van der Waals surface area contributed by atoms with E-state index in [-0.39, 0.29) is 11.3 Å². The first-order valence-electron chi connectivity index (χ1n) is 8.93. The third kappa shape index (κ3) is 4.00. The molecule has 1 saturated carbocycles. The zero-order chi connectivity index (χ0) is 18.9. The lowest BCUT2D eigenvalue weighted by molar-refractivity contribution is -0.117. The normalized spacial score (nSPS) is 14.2. The number of hydrogen-bond donors (Lipinski definition) is 2. The second-order valence-corrected chi connectivity index (χ2v) is 7.99. The summed E-state index contributed by atoms with van der Waals surface area (Å²) in [6, 6.07) is 5.59. The van der Waals surface area contributed by atoms with Gasteiger partial charge in [-0.1, -0.05) is 20.8 Å². The Morgan fingerprint density at radius 1 is 1.27 bits per heavy atom. The van der Waals surface area contributed by atoms with Crippen molar-refractivity contribution in [2.75, 3.05) is 19.5 Å². The highest BCUT2D eigenvalue weighted by molar-refractivity contribution is 5.96. The Morgan fingerprint density at radius 3 is 2.58 bits per heavy atom. The number of aromatic nitrogens is 2. The van der Waals surface area contributed by atoms with Gasteiger partial charge in [-0.2, -0.15) is 5.10 Å². The molecule has 0 spiro atoms. The molecule has 1 heterocycles. The molecule has 140 valence electrons. The van der Waals surface area contributed by atoms with Crippen LogP contribution in [0.2, 0.25) is 0 Å².